The monoisotopic (exact) mass is 296 g/mol. The van der Waals surface area contributed by atoms with Gasteiger partial charge in [-0.05, 0) is 44.2 Å². The van der Waals surface area contributed by atoms with E-state index >= 15 is 0 Å². The van der Waals surface area contributed by atoms with Crippen molar-refractivity contribution in [1.82, 2.24) is 4.98 Å². The van der Waals surface area contributed by atoms with Gasteiger partial charge in [0.25, 0.3) is 5.22 Å². The highest BCUT2D eigenvalue weighted by molar-refractivity contribution is 7.99. The van der Waals surface area contributed by atoms with Crippen LogP contribution in [0.15, 0.2) is 21.1 Å². The van der Waals surface area contributed by atoms with Crippen LogP contribution in [0.1, 0.15) is 40.5 Å². The predicted molar refractivity (Wildman–Crippen MR) is 81.9 cm³/mol. The van der Waals surface area contributed by atoms with Crippen molar-refractivity contribution >= 4 is 23.1 Å². The molecule has 2 aromatic rings. The molecule has 0 fully saturated rings. The van der Waals surface area contributed by atoms with Crippen LogP contribution in [-0.4, -0.2) is 11.0 Å². The molecule has 3 nitrogen and oxygen atoms in total. The molecule has 19 heavy (non-hydrogen) atoms. The van der Waals surface area contributed by atoms with Crippen molar-refractivity contribution in [2.75, 3.05) is 0 Å². The molecule has 0 amide bonds. The van der Waals surface area contributed by atoms with Gasteiger partial charge >= 0.3 is 0 Å². The molecule has 104 valence electrons. The van der Waals surface area contributed by atoms with Crippen molar-refractivity contribution in [2.45, 2.75) is 50.6 Å². The summed E-state index contributed by atoms with van der Waals surface area (Å²) in [4.78, 5) is 5.78. The maximum absolute atomic E-state index is 6.29. The van der Waals surface area contributed by atoms with Gasteiger partial charge in [0.15, 0.2) is 0 Å². The van der Waals surface area contributed by atoms with Gasteiger partial charge in [0, 0.05) is 10.9 Å². The molecule has 0 radical (unpaired) electrons. The molecular formula is C14H20N2OS2. The van der Waals surface area contributed by atoms with E-state index in [4.69, 9.17) is 10.2 Å². The second-order valence-electron chi connectivity index (χ2n) is 4.70. The molecule has 2 unspecified atom stereocenters. The van der Waals surface area contributed by atoms with Crippen molar-refractivity contribution in [2.24, 2.45) is 5.73 Å². The molecule has 0 saturated carbocycles. The number of nitrogens with two attached hydrogens (primary N) is 1. The lowest BCUT2D eigenvalue weighted by atomic mass is 10.1. The molecule has 0 aliphatic carbocycles. The smallest absolute Gasteiger partial charge is 0.256 e. The first-order valence-electron chi connectivity index (χ1n) is 6.43. The Morgan fingerprint density at radius 1 is 1.42 bits per heavy atom. The third-order valence-corrected chi connectivity index (χ3v) is 5.72. The number of nitrogens with zero attached hydrogens (tertiary/aromatic N) is 1. The molecule has 2 N–H and O–H groups in total. The Hall–Kier alpha value is -0.780. The number of thiophene rings is 1. The van der Waals surface area contributed by atoms with Crippen LogP contribution in [0.4, 0.5) is 0 Å². The fourth-order valence-electron chi connectivity index (χ4n) is 1.83. The summed E-state index contributed by atoms with van der Waals surface area (Å²) in [5, 5.41) is 3.05. The van der Waals surface area contributed by atoms with Gasteiger partial charge < -0.3 is 10.2 Å². The number of aromatic nitrogens is 1. The highest BCUT2D eigenvalue weighted by Crippen LogP contribution is 2.41. The van der Waals surface area contributed by atoms with Gasteiger partial charge in [-0.2, -0.15) is 0 Å². The maximum Gasteiger partial charge on any atom is 0.256 e. The van der Waals surface area contributed by atoms with E-state index in [0.29, 0.717) is 0 Å². The fourth-order valence-corrected chi connectivity index (χ4v) is 4.36. The van der Waals surface area contributed by atoms with Crippen LogP contribution in [0.5, 0.6) is 0 Å². The molecule has 0 bridgehead atoms. The number of rotatable bonds is 5. The Bertz CT molecular complexity index is 528. The zero-order valence-electron chi connectivity index (χ0n) is 11.8. The molecule has 0 aliphatic heterocycles. The van der Waals surface area contributed by atoms with Gasteiger partial charge in [0.1, 0.15) is 5.76 Å². The second kappa shape index (κ2) is 6.11. The van der Waals surface area contributed by atoms with E-state index in [2.05, 4.69) is 30.3 Å². The third-order valence-electron chi connectivity index (χ3n) is 3.26. The Labute approximate surface area is 122 Å². The van der Waals surface area contributed by atoms with E-state index in [-0.39, 0.29) is 11.3 Å². The van der Waals surface area contributed by atoms with E-state index in [1.54, 1.807) is 23.1 Å². The van der Waals surface area contributed by atoms with Gasteiger partial charge in [-0.25, -0.2) is 4.98 Å². The first-order valence-corrected chi connectivity index (χ1v) is 8.19. The second-order valence-corrected chi connectivity index (χ2v) is 6.74. The molecule has 2 heterocycles. The largest absolute Gasteiger partial charge is 0.437 e. The SMILES string of the molecule is CCC(N)C(Sc1nc(C)c(C)o1)c1sccc1C. The van der Waals surface area contributed by atoms with E-state index in [0.717, 1.165) is 23.1 Å². The van der Waals surface area contributed by atoms with Gasteiger partial charge in [-0.15, -0.1) is 11.3 Å². The van der Waals surface area contributed by atoms with Crippen LogP contribution in [0.25, 0.3) is 0 Å². The minimum atomic E-state index is 0.106. The van der Waals surface area contributed by atoms with Crippen LogP contribution in [0, 0.1) is 20.8 Å². The van der Waals surface area contributed by atoms with Gasteiger partial charge in [-0.3, -0.25) is 0 Å². The lowest BCUT2D eigenvalue weighted by Crippen LogP contribution is -2.25. The summed E-state index contributed by atoms with van der Waals surface area (Å²) in [7, 11) is 0. The summed E-state index contributed by atoms with van der Waals surface area (Å²) in [6.45, 7) is 8.16. The lowest BCUT2D eigenvalue weighted by molar-refractivity contribution is 0.429. The number of oxazole rings is 1. The number of hydrogen-bond donors (Lipinski definition) is 1. The minimum absolute atomic E-state index is 0.106. The average Bonchev–Trinajstić information content (AvgIpc) is 2.93. The first-order chi connectivity index (χ1) is 9.02. The number of aryl methyl sites for hydroxylation is 3. The minimum Gasteiger partial charge on any atom is -0.437 e. The van der Waals surface area contributed by atoms with Gasteiger partial charge in [0.2, 0.25) is 0 Å². The summed E-state index contributed by atoms with van der Waals surface area (Å²) < 4.78 is 5.68. The lowest BCUT2D eigenvalue weighted by Gasteiger charge is -2.20. The van der Waals surface area contributed by atoms with Gasteiger partial charge in [-0.1, -0.05) is 18.7 Å². The molecular weight excluding hydrogens is 276 g/mol. The summed E-state index contributed by atoms with van der Waals surface area (Å²) >= 11 is 3.40. The maximum atomic E-state index is 6.29. The Kier molecular flexibility index (Phi) is 4.71. The summed E-state index contributed by atoms with van der Waals surface area (Å²) in [6, 6.07) is 2.25. The zero-order valence-corrected chi connectivity index (χ0v) is 13.4. The van der Waals surface area contributed by atoms with Crippen molar-refractivity contribution in [1.29, 1.82) is 0 Å². The van der Waals surface area contributed by atoms with Crippen LogP contribution in [-0.2, 0) is 0 Å². The van der Waals surface area contributed by atoms with E-state index in [9.17, 15) is 0 Å². The first kappa shape index (κ1) is 14.6. The molecule has 0 spiro atoms. The van der Waals surface area contributed by atoms with Crippen molar-refractivity contribution in [3.05, 3.63) is 33.3 Å². The molecule has 2 aromatic heterocycles. The van der Waals surface area contributed by atoms with Gasteiger partial charge in [0.05, 0.1) is 10.9 Å². The molecule has 0 aliphatic rings. The summed E-state index contributed by atoms with van der Waals surface area (Å²) in [6.07, 6.45) is 0.938. The highest BCUT2D eigenvalue weighted by Gasteiger charge is 2.25. The normalized spacial score (nSPS) is 14.6. The van der Waals surface area contributed by atoms with Crippen molar-refractivity contribution < 1.29 is 4.42 Å². The molecule has 2 rings (SSSR count). The molecule has 2 atom stereocenters. The van der Waals surface area contributed by atoms with E-state index in [1.807, 2.05) is 13.8 Å². The van der Waals surface area contributed by atoms with Crippen LogP contribution in [0.3, 0.4) is 0 Å². The topological polar surface area (TPSA) is 52.0 Å². The van der Waals surface area contributed by atoms with Crippen LogP contribution >= 0.6 is 23.1 Å². The van der Waals surface area contributed by atoms with Crippen LogP contribution < -0.4 is 5.73 Å². The average molecular weight is 296 g/mol. The molecule has 0 aromatic carbocycles. The Morgan fingerprint density at radius 2 is 2.16 bits per heavy atom. The van der Waals surface area contributed by atoms with Crippen molar-refractivity contribution in [3.63, 3.8) is 0 Å². The number of thioether (sulfide) groups is 1. The summed E-state index contributed by atoms with van der Waals surface area (Å²) in [5.74, 6) is 0.884. The summed E-state index contributed by atoms with van der Waals surface area (Å²) in [5.41, 5.74) is 8.54. The van der Waals surface area contributed by atoms with E-state index < -0.39 is 0 Å². The highest BCUT2D eigenvalue weighted by atomic mass is 32.2. The molecule has 0 saturated heterocycles. The Balaban J connectivity index is 2.26. The third kappa shape index (κ3) is 3.22. The predicted octanol–water partition coefficient (Wildman–Crippen LogP) is 4.23. The quantitative estimate of drug-likeness (QED) is 0.839. The standard InChI is InChI=1S/C14H20N2OS2/c1-5-11(15)13(12-8(2)6-7-18-12)19-14-16-9(3)10(4)17-14/h6-7,11,13H,5,15H2,1-4H3. The van der Waals surface area contributed by atoms with E-state index in [1.165, 1.54) is 10.4 Å². The zero-order chi connectivity index (χ0) is 14.0. The molecule has 5 heteroatoms. The van der Waals surface area contributed by atoms with Crippen molar-refractivity contribution in [3.8, 4) is 0 Å². The fraction of sp³-hybridized carbons (Fsp3) is 0.500. The van der Waals surface area contributed by atoms with Crippen LogP contribution in [0.2, 0.25) is 0 Å². The number of hydrogen-bond acceptors (Lipinski definition) is 5. The Morgan fingerprint density at radius 3 is 2.63 bits per heavy atom.